The summed E-state index contributed by atoms with van der Waals surface area (Å²) in [6, 6.07) is 3.99. The highest BCUT2D eigenvalue weighted by Crippen LogP contribution is 2.31. The molecule has 178 valence electrons. The van der Waals surface area contributed by atoms with Crippen molar-refractivity contribution in [3.8, 4) is 0 Å². The van der Waals surface area contributed by atoms with E-state index in [9.17, 15) is 19.2 Å². The summed E-state index contributed by atoms with van der Waals surface area (Å²) in [4.78, 5) is 54.4. The molecule has 4 rings (SSSR count). The SMILES string of the molecule is COC(=O)C1CCC(C(=O)N2CCC(Nc3ccc(C4CCC(=O)NC4=O)cn3)CC2)CC1. The second kappa shape index (κ2) is 10.3. The molecule has 1 unspecified atom stereocenters. The van der Waals surface area contributed by atoms with E-state index in [1.807, 2.05) is 17.0 Å². The zero-order valence-corrected chi connectivity index (χ0v) is 19.0. The topological polar surface area (TPSA) is 118 Å². The van der Waals surface area contributed by atoms with Crippen molar-refractivity contribution >= 4 is 29.5 Å². The van der Waals surface area contributed by atoms with E-state index < -0.39 is 0 Å². The molecule has 9 nitrogen and oxygen atoms in total. The molecule has 0 spiro atoms. The molecular weight excluding hydrogens is 424 g/mol. The lowest BCUT2D eigenvalue weighted by atomic mass is 9.81. The van der Waals surface area contributed by atoms with Crippen molar-refractivity contribution in [1.29, 1.82) is 0 Å². The zero-order chi connectivity index (χ0) is 23.4. The fourth-order valence-corrected chi connectivity index (χ4v) is 5.16. The Balaban J connectivity index is 1.22. The summed E-state index contributed by atoms with van der Waals surface area (Å²) in [6.45, 7) is 1.42. The van der Waals surface area contributed by atoms with Crippen LogP contribution < -0.4 is 10.6 Å². The molecule has 1 aliphatic carbocycles. The van der Waals surface area contributed by atoms with Crippen LogP contribution in [0, 0.1) is 11.8 Å². The number of amides is 3. The number of pyridine rings is 1. The number of aromatic nitrogens is 1. The number of nitrogens with zero attached hydrogens (tertiary/aromatic N) is 2. The molecule has 1 aromatic rings. The second-order valence-corrected chi connectivity index (χ2v) is 9.30. The summed E-state index contributed by atoms with van der Waals surface area (Å²) >= 11 is 0. The summed E-state index contributed by atoms with van der Waals surface area (Å²) in [5.41, 5.74) is 0.813. The van der Waals surface area contributed by atoms with E-state index in [1.54, 1.807) is 6.20 Å². The van der Waals surface area contributed by atoms with Crippen LogP contribution in [0.1, 0.15) is 62.8 Å². The minimum Gasteiger partial charge on any atom is -0.469 e. The normalized spacial score (nSPS) is 26.5. The Kier molecular flexibility index (Phi) is 7.25. The fourth-order valence-electron chi connectivity index (χ4n) is 5.16. The van der Waals surface area contributed by atoms with Crippen molar-refractivity contribution in [1.82, 2.24) is 15.2 Å². The molecule has 2 saturated heterocycles. The molecule has 0 radical (unpaired) electrons. The molecule has 1 aromatic heterocycles. The van der Waals surface area contributed by atoms with E-state index in [2.05, 4.69) is 15.6 Å². The van der Waals surface area contributed by atoms with E-state index >= 15 is 0 Å². The Labute approximate surface area is 193 Å². The molecule has 3 amide bonds. The minimum atomic E-state index is -0.332. The van der Waals surface area contributed by atoms with E-state index in [0.29, 0.717) is 25.9 Å². The van der Waals surface area contributed by atoms with Crippen LogP contribution in [0.4, 0.5) is 5.82 Å². The molecule has 3 heterocycles. The number of carbonyl (C=O) groups excluding carboxylic acids is 4. The van der Waals surface area contributed by atoms with Gasteiger partial charge in [0, 0.05) is 37.7 Å². The molecule has 3 fully saturated rings. The average Bonchev–Trinajstić information content (AvgIpc) is 2.84. The van der Waals surface area contributed by atoms with Crippen molar-refractivity contribution in [3.63, 3.8) is 0 Å². The monoisotopic (exact) mass is 456 g/mol. The third-order valence-corrected chi connectivity index (χ3v) is 7.20. The summed E-state index contributed by atoms with van der Waals surface area (Å²) < 4.78 is 4.83. The maximum Gasteiger partial charge on any atom is 0.308 e. The van der Waals surface area contributed by atoms with Gasteiger partial charge in [-0.1, -0.05) is 6.07 Å². The Morgan fingerprint density at radius 2 is 1.73 bits per heavy atom. The summed E-state index contributed by atoms with van der Waals surface area (Å²) in [7, 11) is 1.42. The Morgan fingerprint density at radius 1 is 1.03 bits per heavy atom. The first kappa shape index (κ1) is 23.2. The van der Waals surface area contributed by atoms with Gasteiger partial charge in [-0.15, -0.1) is 0 Å². The molecule has 2 aliphatic heterocycles. The lowest BCUT2D eigenvalue weighted by molar-refractivity contribution is -0.148. The highest BCUT2D eigenvalue weighted by atomic mass is 16.5. The molecule has 1 saturated carbocycles. The molecule has 9 heteroatoms. The highest BCUT2D eigenvalue weighted by molar-refractivity contribution is 6.00. The van der Waals surface area contributed by atoms with Gasteiger partial charge in [0.25, 0.3) is 0 Å². The maximum atomic E-state index is 12.9. The predicted molar refractivity (Wildman–Crippen MR) is 120 cm³/mol. The Hall–Kier alpha value is -2.97. The summed E-state index contributed by atoms with van der Waals surface area (Å²) in [5.74, 6) is -0.0706. The third-order valence-electron chi connectivity index (χ3n) is 7.20. The number of anilines is 1. The van der Waals surface area contributed by atoms with E-state index in [0.717, 1.165) is 49.9 Å². The van der Waals surface area contributed by atoms with Gasteiger partial charge < -0.3 is 15.0 Å². The minimum absolute atomic E-state index is 0.0110. The lowest BCUT2D eigenvalue weighted by Crippen LogP contribution is -2.45. The number of imide groups is 1. The quantitative estimate of drug-likeness (QED) is 0.514. The number of methoxy groups -OCH3 is 1. The molecule has 0 bridgehead atoms. The van der Waals surface area contributed by atoms with Crippen LogP contribution in [-0.2, 0) is 23.9 Å². The van der Waals surface area contributed by atoms with Crippen LogP contribution in [0.3, 0.4) is 0 Å². The fraction of sp³-hybridized carbons (Fsp3) is 0.625. The van der Waals surface area contributed by atoms with Gasteiger partial charge in [0.15, 0.2) is 0 Å². The molecule has 2 N–H and O–H groups in total. The summed E-state index contributed by atoms with van der Waals surface area (Å²) in [6.07, 6.45) is 7.20. The van der Waals surface area contributed by atoms with Gasteiger partial charge in [-0.3, -0.25) is 24.5 Å². The number of hydrogen-bond donors (Lipinski definition) is 2. The van der Waals surface area contributed by atoms with Crippen LogP contribution in [0.5, 0.6) is 0 Å². The highest BCUT2D eigenvalue weighted by Gasteiger charge is 2.34. The lowest BCUT2D eigenvalue weighted by Gasteiger charge is -2.36. The van der Waals surface area contributed by atoms with Gasteiger partial charge in [-0.2, -0.15) is 0 Å². The number of piperidine rings is 2. The second-order valence-electron chi connectivity index (χ2n) is 9.30. The van der Waals surface area contributed by atoms with Crippen molar-refractivity contribution < 1.29 is 23.9 Å². The zero-order valence-electron chi connectivity index (χ0n) is 19.0. The van der Waals surface area contributed by atoms with E-state index in [4.69, 9.17) is 4.74 Å². The maximum absolute atomic E-state index is 12.9. The van der Waals surface area contributed by atoms with Gasteiger partial charge in [0.1, 0.15) is 5.82 Å². The van der Waals surface area contributed by atoms with Crippen LogP contribution in [0.2, 0.25) is 0 Å². The smallest absolute Gasteiger partial charge is 0.308 e. The number of ether oxygens (including phenoxy) is 1. The van der Waals surface area contributed by atoms with Crippen molar-refractivity contribution in [2.24, 2.45) is 11.8 Å². The van der Waals surface area contributed by atoms with Crippen LogP contribution >= 0.6 is 0 Å². The number of nitrogens with one attached hydrogen (secondary N) is 2. The first-order valence-corrected chi connectivity index (χ1v) is 11.9. The van der Waals surface area contributed by atoms with Gasteiger partial charge in [0.05, 0.1) is 18.9 Å². The first-order valence-electron chi connectivity index (χ1n) is 11.9. The number of hydrogen-bond acceptors (Lipinski definition) is 7. The molecular formula is C24H32N4O5. The number of rotatable bonds is 5. The molecule has 3 aliphatic rings. The van der Waals surface area contributed by atoms with Crippen LogP contribution in [-0.4, -0.2) is 59.8 Å². The summed E-state index contributed by atoms with van der Waals surface area (Å²) in [5, 5.41) is 5.82. The molecule has 0 aromatic carbocycles. The number of esters is 1. The van der Waals surface area contributed by atoms with E-state index in [-0.39, 0.29) is 47.5 Å². The van der Waals surface area contributed by atoms with E-state index in [1.165, 1.54) is 7.11 Å². The Morgan fingerprint density at radius 3 is 2.33 bits per heavy atom. The third kappa shape index (κ3) is 5.51. The van der Waals surface area contributed by atoms with Crippen molar-refractivity contribution in [2.75, 3.05) is 25.5 Å². The van der Waals surface area contributed by atoms with Gasteiger partial charge in [0.2, 0.25) is 17.7 Å². The molecule has 33 heavy (non-hydrogen) atoms. The largest absolute Gasteiger partial charge is 0.469 e. The standard InChI is InChI=1S/C24H32N4O5/c1-33-24(32)16-4-2-15(3-5-16)23(31)28-12-10-18(11-13-28)26-20-8-6-17(14-25-20)19-7-9-21(29)27-22(19)30/h6,8,14-16,18-19H,2-5,7,9-13H2,1H3,(H,25,26)(H,27,29,30). The van der Waals surface area contributed by atoms with Gasteiger partial charge >= 0.3 is 5.97 Å². The number of carbonyl (C=O) groups is 4. The predicted octanol–water partition coefficient (Wildman–Crippen LogP) is 1.98. The molecule has 1 atom stereocenters. The average molecular weight is 457 g/mol. The van der Waals surface area contributed by atoms with Crippen LogP contribution in [0.15, 0.2) is 18.3 Å². The van der Waals surface area contributed by atoms with Gasteiger partial charge in [-0.25, -0.2) is 4.98 Å². The first-order chi connectivity index (χ1) is 15.9. The van der Waals surface area contributed by atoms with Crippen LogP contribution in [0.25, 0.3) is 0 Å². The number of likely N-dealkylation sites (tertiary alicyclic amines) is 1. The van der Waals surface area contributed by atoms with Crippen molar-refractivity contribution in [3.05, 3.63) is 23.9 Å². The van der Waals surface area contributed by atoms with Gasteiger partial charge in [-0.05, 0) is 56.6 Å². The Bertz CT molecular complexity index is 887. The van der Waals surface area contributed by atoms with Crippen molar-refractivity contribution in [2.45, 2.75) is 63.3 Å².